The van der Waals surface area contributed by atoms with Crippen molar-refractivity contribution in [3.8, 4) is 0 Å². The minimum absolute atomic E-state index is 0.176. The summed E-state index contributed by atoms with van der Waals surface area (Å²) >= 11 is 0. The van der Waals surface area contributed by atoms with Crippen LogP contribution in [0.2, 0.25) is 0 Å². The number of aromatic nitrogens is 1. The summed E-state index contributed by atoms with van der Waals surface area (Å²) in [4.78, 5) is 13.7. The number of benzene rings is 1. The molecular formula is C15H15ClN2O5S. The van der Waals surface area contributed by atoms with E-state index in [4.69, 9.17) is 19.9 Å². The second-order valence-electron chi connectivity index (χ2n) is 5.43. The molecular weight excluding hydrogens is 356 g/mol. The lowest BCUT2D eigenvalue weighted by atomic mass is 10.1. The van der Waals surface area contributed by atoms with Gasteiger partial charge in [0.1, 0.15) is 23.8 Å². The first-order valence-electron chi connectivity index (χ1n) is 7.26. The normalized spacial score (nSPS) is 14.3. The Kier molecular flexibility index (Phi) is 4.77. The van der Waals surface area contributed by atoms with E-state index in [0.717, 1.165) is 5.56 Å². The topological polar surface area (TPSA) is 89.7 Å². The lowest BCUT2D eigenvalue weighted by molar-refractivity contribution is 0.0905. The van der Waals surface area contributed by atoms with Crippen LogP contribution < -0.4 is 0 Å². The predicted octanol–water partition coefficient (Wildman–Crippen LogP) is 2.44. The summed E-state index contributed by atoms with van der Waals surface area (Å²) in [7, 11) is 1.52. The SMILES string of the molecule is O=C(OCc1ccccc1)N1CCc2onc(CS(=O)(=O)Cl)c2C1. The van der Waals surface area contributed by atoms with Crippen molar-refractivity contribution in [3.63, 3.8) is 0 Å². The Balaban J connectivity index is 1.65. The molecule has 0 aliphatic carbocycles. The van der Waals surface area contributed by atoms with E-state index < -0.39 is 20.9 Å². The Labute approximate surface area is 143 Å². The molecule has 2 aromatic rings. The average Bonchev–Trinajstić information content (AvgIpc) is 2.94. The molecule has 1 aliphatic rings. The van der Waals surface area contributed by atoms with E-state index in [1.807, 2.05) is 30.3 Å². The smallest absolute Gasteiger partial charge is 0.410 e. The summed E-state index contributed by atoms with van der Waals surface area (Å²) in [6.07, 6.45) is -0.0177. The lowest BCUT2D eigenvalue weighted by Gasteiger charge is -2.25. The third-order valence-corrected chi connectivity index (χ3v) is 4.63. The first kappa shape index (κ1) is 16.8. The lowest BCUT2D eigenvalue weighted by Crippen LogP contribution is -2.36. The highest BCUT2D eigenvalue weighted by atomic mass is 35.7. The second kappa shape index (κ2) is 6.82. The van der Waals surface area contributed by atoms with Crippen LogP contribution in [0.25, 0.3) is 0 Å². The van der Waals surface area contributed by atoms with Crippen molar-refractivity contribution in [1.82, 2.24) is 10.1 Å². The van der Waals surface area contributed by atoms with Crippen LogP contribution >= 0.6 is 10.7 Å². The van der Waals surface area contributed by atoms with Crippen LogP contribution in [-0.2, 0) is 39.1 Å². The molecule has 3 rings (SSSR count). The number of carbonyl (C=O) groups is 1. The van der Waals surface area contributed by atoms with Crippen molar-refractivity contribution >= 4 is 25.8 Å². The van der Waals surface area contributed by atoms with Gasteiger partial charge in [0.05, 0.1) is 6.54 Å². The number of carbonyl (C=O) groups excluding carboxylic acids is 1. The second-order valence-corrected chi connectivity index (χ2v) is 8.20. The van der Waals surface area contributed by atoms with Crippen LogP contribution in [0.5, 0.6) is 0 Å². The van der Waals surface area contributed by atoms with Crippen molar-refractivity contribution in [2.45, 2.75) is 25.3 Å². The van der Waals surface area contributed by atoms with Crippen LogP contribution in [0.15, 0.2) is 34.9 Å². The molecule has 24 heavy (non-hydrogen) atoms. The van der Waals surface area contributed by atoms with Crippen molar-refractivity contribution in [1.29, 1.82) is 0 Å². The van der Waals surface area contributed by atoms with Gasteiger partial charge in [0.25, 0.3) is 0 Å². The van der Waals surface area contributed by atoms with E-state index >= 15 is 0 Å². The molecule has 0 radical (unpaired) electrons. The zero-order chi connectivity index (χ0) is 17.2. The largest absolute Gasteiger partial charge is 0.445 e. The third kappa shape index (κ3) is 4.07. The van der Waals surface area contributed by atoms with Crippen LogP contribution in [0.3, 0.4) is 0 Å². The third-order valence-electron chi connectivity index (χ3n) is 3.68. The van der Waals surface area contributed by atoms with E-state index in [0.29, 0.717) is 24.3 Å². The highest BCUT2D eigenvalue weighted by molar-refractivity contribution is 8.13. The summed E-state index contributed by atoms with van der Waals surface area (Å²) in [6.45, 7) is 0.784. The number of hydrogen-bond donors (Lipinski definition) is 0. The van der Waals surface area contributed by atoms with Gasteiger partial charge in [0, 0.05) is 29.2 Å². The Bertz CT molecular complexity index is 835. The van der Waals surface area contributed by atoms with Gasteiger partial charge in [-0.1, -0.05) is 35.5 Å². The van der Waals surface area contributed by atoms with E-state index in [2.05, 4.69) is 5.16 Å². The maximum Gasteiger partial charge on any atom is 0.410 e. The van der Waals surface area contributed by atoms with Crippen LogP contribution in [0, 0.1) is 0 Å². The van der Waals surface area contributed by atoms with Crippen molar-refractivity contribution in [3.05, 3.63) is 52.9 Å². The van der Waals surface area contributed by atoms with Gasteiger partial charge in [0.2, 0.25) is 9.05 Å². The standard InChI is InChI=1S/C15H15ClN2O5S/c16-24(20,21)10-13-12-8-18(7-6-14(12)23-17-13)15(19)22-9-11-4-2-1-3-5-11/h1-5H,6-10H2. The van der Waals surface area contributed by atoms with E-state index in [1.54, 1.807) is 0 Å². The van der Waals surface area contributed by atoms with Crippen LogP contribution in [-0.4, -0.2) is 31.1 Å². The van der Waals surface area contributed by atoms with Gasteiger partial charge in [-0.3, -0.25) is 0 Å². The molecule has 0 unspecified atom stereocenters. The molecule has 1 aliphatic heterocycles. The molecule has 128 valence electrons. The fourth-order valence-electron chi connectivity index (χ4n) is 2.51. The predicted molar refractivity (Wildman–Crippen MR) is 85.7 cm³/mol. The fourth-order valence-corrected chi connectivity index (χ4v) is 3.37. The van der Waals surface area contributed by atoms with Gasteiger partial charge in [-0.2, -0.15) is 0 Å². The summed E-state index contributed by atoms with van der Waals surface area (Å²) in [6, 6.07) is 9.35. The number of hydrogen-bond acceptors (Lipinski definition) is 6. The summed E-state index contributed by atoms with van der Waals surface area (Å²) in [5, 5.41) is 3.75. The minimum Gasteiger partial charge on any atom is -0.445 e. The van der Waals surface area contributed by atoms with Gasteiger partial charge in [0.15, 0.2) is 0 Å². The molecule has 2 heterocycles. The zero-order valence-electron chi connectivity index (χ0n) is 12.6. The first-order chi connectivity index (χ1) is 11.4. The number of ether oxygens (including phenoxy) is 1. The zero-order valence-corrected chi connectivity index (χ0v) is 14.2. The Morgan fingerprint density at radius 3 is 2.79 bits per heavy atom. The number of fused-ring (bicyclic) bond motifs is 1. The van der Waals surface area contributed by atoms with Gasteiger partial charge in [-0.05, 0) is 5.56 Å². The fraction of sp³-hybridized carbons (Fsp3) is 0.333. The Morgan fingerprint density at radius 1 is 1.33 bits per heavy atom. The Hall–Kier alpha value is -2.06. The van der Waals surface area contributed by atoms with Crippen LogP contribution in [0.4, 0.5) is 4.79 Å². The monoisotopic (exact) mass is 370 g/mol. The minimum atomic E-state index is -3.75. The number of halogens is 1. The maximum atomic E-state index is 12.2. The highest BCUT2D eigenvalue weighted by Crippen LogP contribution is 2.25. The molecule has 0 N–H and O–H groups in total. The quantitative estimate of drug-likeness (QED) is 0.768. The van der Waals surface area contributed by atoms with E-state index in [-0.39, 0.29) is 18.8 Å². The molecule has 0 saturated heterocycles. The average molecular weight is 371 g/mol. The molecule has 0 saturated carbocycles. The molecule has 0 fully saturated rings. The number of amides is 1. The highest BCUT2D eigenvalue weighted by Gasteiger charge is 2.29. The van der Waals surface area contributed by atoms with Gasteiger partial charge < -0.3 is 14.2 Å². The maximum absolute atomic E-state index is 12.2. The number of nitrogens with zero attached hydrogens (tertiary/aromatic N) is 2. The molecule has 7 nitrogen and oxygen atoms in total. The van der Waals surface area contributed by atoms with Gasteiger partial charge in [-0.25, -0.2) is 13.2 Å². The Morgan fingerprint density at radius 2 is 2.08 bits per heavy atom. The summed E-state index contributed by atoms with van der Waals surface area (Å²) in [5.74, 6) is 0.151. The molecule has 1 aromatic carbocycles. The van der Waals surface area contributed by atoms with Gasteiger partial charge >= 0.3 is 6.09 Å². The van der Waals surface area contributed by atoms with Crippen molar-refractivity contribution in [2.75, 3.05) is 6.54 Å². The first-order valence-corrected chi connectivity index (χ1v) is 9.74. The molecule has 0 spiro atoms. The summed E-state index contributed by atoms with van der Waals surface area (Å²) < 4.78 is 32.9. The van der Waals surface area contributed by atoms with Crippen molar-refractivity contribution < 1.29 is 22.5 Å². The van der Waals surface area contributed by atoms with Crippen LogP contribution in [0.1, 0.15) is 22.6 Å². The van der Waals surface area contributed by atoms with Crippen molar-refractivity contribution in [2.24, 2.45) is 0 Å². The van der Waals surface area contributed by atoms with E-state index in [1.165, 1.54) is 4.90 Å². The molecule has 0 bridgehead atoms. The number of rotatable bonds is 4. The molecule has 1 aromatic heterocycles. The summed E-state index contributed by atoms with van der Waals surface area (Å²) in [5.41, 5.74) is 1.71. The molecule has 1 amide bonds. The van der Waals surface area contributed by atoms with Gasteiger partial charge in [-0.15, -0.1) is 0 Å². The molecule has 0 atom stereocenters. The molecule has 9 heteroatoms. The van der Waals surface area contributed by atoms with E-state index in [9.17, 15) is 13.2 Å².